The van der Waals surface area contributed by atoms with Gasteiger partial charge in [0.1, 0.15) is 6.29 Å². The average molecular weight is 225 g/mol. The van der Waals surface area contributed by atoms with Crippen molar-refractivity contribution in [2.75, 3.05) is 0 Å². The third-order valence-electron chi connectivity index (χ3n) is 1.66. The highest BCUT2D eigenvalue weighted by molar-refractivity contribution is 5.85. The minimum atomic E-state index is 0. The molecular formula is C13H17ClO. The van der Waals surface area contributed by atoms with Crippen molar-refractivity contribution in [3.05, 3.63) is 48.5 Å². The first kappa shape index (κ1) is 16.1. The number of carbonyl (C=O) groups excluding carboxylic acids is 1. The Balaban J connectivity index is 0. The summed E-state index contributed by atoms with van der Waals surface area (Å²) in [5.74, 6) is 0. The summed E-state index contributed by atoms with van der Waals surface area (Å²) in [6, 6.07) is 16.7. The maximum Gasteiger partial charge on any atom is 0.116 e. The Morgan fingerprint density at radius 3 is 1.27 bits per heavy atom. The SMILES string of the molecule is C.CC=O.Cl.c1ccc2ccccc2c1. The molecule has 0 atom stereocenters. The van der Waals surface area contributed by atoms with Crippen molar-refractivity contribution in [1.29, 1.82) is 0 Å². The Labute approximate surface area is 97.5 Å². The van der Waals surface area contributed by atoms with E-state index < -0.39 is 0 Å². The van der Waals surface area contributed by atoms with Crippen LogP contribution in [0.2, 0.25) is 0 Å². The first-order valence-electron chi connectivity index (χ1n) is 4.22. The fourth-order valence-electron chi connectivity index (χ4n) is 1.13. The van der Waals surface area contributed by atoms with E-state index in [1.807, 2.05) is 0 Å². The smallest absolute Gasteiger partial charge is 0.116 e. The molecule has 0 radical (unpaired) electrons. The lowest BCUT2D eigenvalue weighted by Crippen LogP contribution is -1.67. The molecular weight excluding hydrogens is 208 g/mol. The van der Waals surface area contributed by atoms with Crippen LogP contribution in [0, 0.1) is 0 Å². The number of fused-ring (bicyclic) bond motifs is 1. The zero-order chi connectivity index (χ0) is 9.52. The lowest BCUT2D eigenvalue weighted by Gasteiger charge is -1.92. The summed E-state index contributed by atoms with van der Waals surface area (Å²) in [6.07, 6.45) is 0.750. The van der Waals surface area contributed by atoms with Crippen LogP contribution >= 0.6 is 12.4 Å². The maximum atomic E-state index is 8.81. The van der Waals surface area contributed by atoms with Crippen molar-refractivity contribution in [3.8, 4) is 0 Å². The van der Waals surface area contributed by atoms with Crippen LogP contribution in [0.1, 0.15) is 14.4 Å². The summed E-state index contributed by atoms with van der Waals surface area (Å²) < 4.78 is 0. The highest BCUT2D eigenvalue weighted by atomic mass is 35.5. The minimum Gasteiger partial charge on any atom is -0.304 e. The largest absolute Gasteiger partial charge is 0.304 e. The van der Waals surface area contributed by atoms with Crippen LogP contribution in [0.5, 0.6) is 0 Å². The van der Waals surface area contributed by atoms with Gasteiger partial charge < -0.3 is 4.79 Å². The van der Waals surface area contributed by atoms with Gasteiger partial charge in [-0.1, -0.05) is 56.0 Å². The van der Waals surface area contributed by atoms with E-state index in [0.717, 1.165) is 6.29 Å². The molecule has 0 saturated carbocycles. The van der Waals surface area contributed by atoms with Crippen molar-refractivity contribution in [3.63, 3.8) is 0 Å². The summed E-state index contributed by atoms with van der Waals surface area (Å²) in [4.78, 5) is 8.81. The highest BCUT2D eigenvalue weighted by Gasteiger charge is 1.85. The molecule has 0 N–H and O–H groups in total. The van der Waals surface area contributed by atoms with Crippen LogP contribution in [0.15, 0.2) is 48.5 Å². The molecule has 2 rings (SSSR count). The van der Waals surface area contributed by atoms with Crippen LogP contribution < -0.4 is 0 Å². The number of carbonyl (C=O) groups is 1. The van der Waals surface area contributed by atoms with Crippen molar-refractivity contribution in [1.82, 2.24) is 0 Å². The van der Waals surface area contributed by atoms with Gasteiger partial charge in [0.25, 0.3) is 0 Å². The van der Waals surface area contributed by atoms with Gasteiger partial charge in [-0.2, -0.15) is 0 Å². The van der Waals surface area contributed by atoms with Crippen molar-refractivity contribution in [2.45, 2.75) is 14.4 Å². The van der Waals surface area contributed by atoms with Crippen molar-refractivity contribution < 1.29 is 4.79 Å². The van der Waals surface area contributed by atoms with Crippen LogP contribution in [-0.2, 0) is 4.79 Å². The number of hydrogen-bond acceptors (Lipinski definition) is 1. The molecule has 0 aromatic heterocycles. The Morgan fingerprint density at radius 1 is 0.867 bits per heavy atom. The van der Waals surface area contributed by atoms with Gasteiger partial charge in [-0.05, 0) is 17.7 Å². The molecule has 1 nitrogen and oxygen atoms in total. The summed E-state index contributed by atoms with van der Waals surface area (Å²) in [6.45, 7) is 1.44. The van der Waals surface area contributed by atoms with Gasteiger partial charge in [0, 0.05) is 0 Å². The standard InChI is InChI=1S/C10H8.C2H4O.CH4.ClH/c1-2-6-10-8-4-3-7-9(10)5-1;1-2-3;;/h1-8H;2H,1H3;1H4;1H. The zero-order valence-corrected chi connectivity index (χ0v) is 8.83. The number of aldehydes is 1. The summed E-state index contributed by atoms with van der Waals surface area (Å²) in [5, 5.41) is 2.62. The molecule has 0 aliphatic rings. The number of rotatable bonds is 0. The van der Waals surface area contributed by atoms with Gasteiger partial charge in [-0.25, -0.2) is 0 Å². The average Bonchev–Trinajstić information content (AvgIpc) is 2.19. The van der Waals surface area contributed by atoms with Gasteiger partial charge in [-0.15, -0.1) is 12.4 Å². The molecule has 15 heavy (non-hydrogen) atoms. The lowest BCUT2D eigenvalue weighted by molar-refractivity contribution is -0.106. The van der Waals surface area contributed by atoms with Gasteiger partial charge in [0.15, 0.2) is 0 Å². The van der Waals surface area contributed by atoms with Crippen LogP contribution in [0.4, 0.5) is 0 Å². The fraction of sp³-hybridized carbons (Fsp3) is 0.154. The molecule has 0 unspecified atom stereocenters. The first-order chi connectivity index (χ1) is 6.38. The molecule has 82 valence electrons. The van der Waals surface area contributed by atoms with E-state index in [1.54, 1.807) is 0 Å². The van der Waals surface area contributed by atoms with E-state index in [2.05, 4.69) is 48.5 Å². The second-order valence-corrected chi connectivity index (χ2v) is 2.58. The highest BCUT2D eigenvalue weighted by Crippen LogP contribution is 2.11. The number of hydrogen-bond donors (Lipinski definition) is 0. The van der Waals surface area contributed by atoms with Gasteiger partial charge in [0.2, 0.25) is 0 Å². The van der Waals surface area contributed by atoms with Crippen LogP contribution in [0.25, 0.3) is 10.8 Å². The van der Waals surface area contributed by atoms with Gasteiger partial charge in [0.05, 0.1) is 0 Å². The lowest BCUT2D eigenvalue weighted by atomic mass is 10.1. The van der Waals surface area contributed by atoms with E-state index in [0.29, 0.717) is 0 Å². The van der Waals surface area contributed by atoms with Gasteiger partial charge >= 0.3 is 0 Å². The maximum absolute atomic E-state index is 8.81. The molecule has 0 amide bonds. The van der Waals surface area contributed by atoms with E-state index in [1.165, 1.54) is 17.7 Å². The quantitative estimate of drug-likeness (QED) is 0.616. The number of benzene rings is 2. The zero-order valence-electron chi connectivity index (χ0n) is 8.01. The Bertz CT molecular complexity index is 319. The fourth-order valence-corrected chi connectivity index (χ4v) is 1.13. The normalized spacial score (nSPS) is 7.53. The predicted molar refractivity (Wildman–Crippen MR) is 69.7 cm³/mol. The number of halogens is 1. The van der Waals surface area contributed by atoms with Crippen molar-refractivity contribution in [2.24, 2.45) is 0 Å². The predicted octanol–water partition coefficient (Wildman–Crippen LogP) is 4.10. The summed E-state index contributed by atoms with van der Waals surface area (Å²) in [7, 11) is 0. The van der Waals surface area contributed by atoms with E-state index in [9.17, 15) is 0 Å². The van der Waals surface area contributed by atoms with Gasteiger partial charge in [-0.3, -0.25) is 0 Å². The molecule has 0 aliphatic heterocycles. The summed E-state index contributed by atoms with van der Waals surface area (Å²) >= 11 is 0. The topological polar surface area (TPSA) is 17.1 Å². The molecule has 2 aromatic rings. The van der Waals surface area contributed by atoms with Crippen molar-refractivity contribution >= 4 is 29.5 Å². The minimum absolute atomic E-state index is 0. The Kier molecular flexibility index (Phi) is 9.90. The second-order valence-electron chi connectivity index (χ2n) is 2.58. The molecule has 0 fully saturated rings. The Morgan fingerprint density at radius 2 is 1.07 bits per heavy atom. The summed E-state index contributed by atoms with van der Waals surface area (Å²) in [5.41, 5.74) is 0. The molecule has 0 spiro atoms. The third kappa shape index (κ3) is 5.18. The molecule has 2 heteroatoms. The molecule has 0 heterocycles. The van der Waals surface area contributed by atoms with E-state index >= 15 is 0 Å². The Hall–Kier alpha value is -1.34. The second kappa shape index (κ2) is 9.22. The van der Waals surface area contributed by atoms with E-state index in [4.69, 9.17) is 4.79 Å². The first-order valence-corrected chi connectivity index (χ1v) is 4.22. The van der Waals surface area contributed by atoms with Crippen LogP contribution in [0.3, 0.4) is 0 Å². The third-order valence-corrected chi connectivity index (χ3v) is 1.66. The van der Waals surface area contributed by atoms with E-state index in [-0.39, 0.29) is 19.8 Å². The molecule has 0 saturated heterocycles. The molecule has 2 aromatic carbocycles. The monoisotopic (exact) mass is 224 g/mol. The molecule has 0 bridgehead atoms. The van der Waals surface area contributed by atoms with Crippen LogP contribution in [-0.4, -0.2) is 6.29 Å². The molecule has 0 aliphatic carbocycles.